The van der Waals surface area contributed by atoms with E-state index in [1.165, 1.54) is 6.42 Å². The van der Waals surface area contributed by atoms with Crippen molar-refractivity contribution in [2.24, 2.45) is 0 Å². The fourth-order valence-electron chi connectivity index (χ4n) is 4.17. The summed E-state index contributed by atoms with van der Waals surface area (Å²) in [4.78, 5) is 11.9. The van der Waals surface area contributed by atoms with Crippen LogP contribution < -0.4 is 4.74 Å². The number of ether oxygens (including phenoxy) is 1. The van der Waals surface area contributed by atoms with E-state index in [0.29, 0.717) is 5.56 Å². The third kappa shape index (κ3) is 3.62. The summed E-state index contributed by atoms with van der Waals surface area (Å²) >= 11 is 0. The summed E-state index contributed by atoms with van der Waals surface area (Å²) in [5, 5.41) is 20.6. The van der Waals surface area contributed by atoms with Crippen molar-refractivity contribution in [2.75, 3.05) is 7.11 Å². The zero-order chi connectivity index (χ0) is 19.8. The molecule has 0 aromatic heterocycles. The predicted molar refractivity (Wildman–Crippen MR) is 104 cm³/mol. The van der Waals surface area contributed by atoms with Crippen LogP contribution in [0.25, 0.3) is 0 Å². The summed E-state index contributed by atoms with van der Waals surface area (Å²) in [6, 6.07) is 3.71. The zero-order valence-electron chi connectivity index (χ0n) is 17.1. The van der Waals surface area contributed by atoms with E-state index in [2.05, 4.69) is 27.7 Å². The van der Waals surface area contributed by atoms with Gasteiger partial charge in [0, 0.05) is 11.1 Å². The molecule has 2 rings (SSSR count). The third-order valence-electron chi connectivity index (χ3n) is 6.05. The lowest BCUT2D eigenvalue weighted by atomic mass is 9.68. The normalized spacial score (nSPS) is 19.7. The number of hydrogen-bond acceptors (Lipinski definition) is 3. The summed E-state index contributed by atoms with van der Waals surface area (Å²) in [6.45, 7) is 10.2. The SMILES string of the molecule is CCC(O)(C(=O)O)c1cc(C(C)(C)C)c(OC)c(C2(C)CCCCC2)c1. The van der Waals surface area contributed by atoms with Gasteiger partial charge in [0.05, 0.1) is 7.11 Å². The van der Waals surface area contributed by atoms with E-state index >= 15 is 0 Å². The largest absolute Gasteiger partial charge is 0.496 e. The highest BCUT2D eigenvalue weighted by Crippen LogP contribution is 2.48. The minimum absolute atomic E-state index is 0.0627. The molecule has 0 heterocycles. The first-order valence-corrected chi connectivity index (χ1v) is 9.69. The fraction of sp³-hybridized carbons (Fsp3) is 0.682. The van der Waals surface area contributed by atoms with Crippen molar-refractivity contribution >= 4 is 5.97 Å². The molecule has 1 aromatic rings. The van der Waals surface area contributed by atoms with Crippen molar-refractivity contribution in [3.05, 3.63) is 28.8 Å². The van der Waals surface area contributed by atoms with Crippen LogP contribution in [0.1, 0.15) is 89.8 Å². The van der Waals surface area contributed by atoms with E-state index in [4.69, 9.17) is 4.74 Å². The maximum Gasteiger partial charge on any atom is 0.340 e. The molecule has 0 bridgehead atoms. The molecule has 146 valence electrons. The van der Waals surface area contributed by atoms with Crippen molar-refractivity contribution < 1.29 is 19.7 Å². The van der Waals surface area contributed by atoms with Crippen molar-refractivity contribution in [1.82, 2.24) is 0 Å². The van der Waals surface area contributed by atoms with Crippen molar-refractivity contribution in [3.8, 4) is 5.75 Å². The first-order chi connectivity index (χ1) is 12.0. The lowest BCUT2D eigenvalue weighted by Crippen LogP contribution is -2.36. The molecule has 1 aliphatic rings. The molecule has 4 heteroatoms. The highest BCUT2D eigenvalue weighted by Gasteiger charge is 2.41. The summed E-state index contributed by atoms with van der Waals surface area (Å²) in [5.74, 6) is -0.362. The van der Waals surface area contributed by atoms with Gasteiger partial charge in [-0.15, -0.1) is 0 Å². The Balaban J connectivity index is 2.81. The minimum Gasteiger partial charge on any atom is -0.496 e. The van der Waals surface area contributed by atoms with E-state index in [0.717, 1.165) is 42.6 Å². The zero-order valence-corrected chi connectivity index (χ0v) is 17.1. The smallest absolute Gasteiger partial charge is 0.340 e. The first kappa shape index (κ1) is 20.8. The van der Waals surface area contributed by atoms with Gasteiger partial charge in [-0.05, 0) is 47.8 Å². The first-order valence-electron chi connectivity index (χ1n) is 9.69. The minimum atomic E-state index is -1.88. The van der Waals surface area contributed by atoms with Gasteiger partial charge in [0.25, 0.3) is 0 Å². The lowest BCUT2D eigenvalue weighted by Gasteiger charge is -2.38. The predicted octanol–water partition coefficient (Wildman–Crippen LogP) is 4.90. The number of aliphatic hydroxyl groups is 1. The second-order valence-corrected chi connectivity index (χ2v) is 8.99. The van der Waals surface area contributed by atoms with Gasteiger partial charge in [-0.2, -0.15) is 0 Å². The lowest BCUT2D eigenvalue weighted by molar-refractivity contribution is -0.160. The van der Waals surface area contributed by atoms with E-state index in [1.807, 2.05) is 12.1 Å². The number of carbonyl (C=O) groups is 1. The molecule has 1 saturated carbocycles. The molecular formula is C22H34O4. The van der Waals surface area contributed by atoms with Gasteiger partial charge in [0.15, 0.2) is 5.60 Å². The maximum absolute atomic E-state index is 11.9. The Bertz CT molecular complexity index is 665. The Morgan fingerprint density at radius 3 is 2.19 bits per heavy atom. The van der Waals surface area contributed by atoms with Crippen molar-refractivity contribution in [1.29, 1.82) is 0 Å². The number of aliphatic carboxylic acids is 1. The molecule has 0 saturated heterocycles. The molecule has 26 heavy (non-hydrogen) atoms. The molecule has 1 atom stereocenters. The maximum atomic E-state index is 11.9. The number of methoxy groups -OCH3 is 1. The molecule has 1 aromatic carbocycles. The Hall–Kier alpha value is -1.55. The number of carboxylic acids is 1. The molecule has 1 unspecified atom stereocenters. The molecule has 1 fully saturated rings. The second kappa shape index (κ2) is 7.22. The van der Waals surface area contributed by atoms with Gasteiger partial charge in [-0.1, -0.05) is 53.9 Å². The number of carboxylic acid groups (broad SMARTS) is 1. The molecule has 0 amide bonds. The molecule has 2 N–H and O–H groups in total. The van der Waals surface area contributed by atoms with Crippen LogP contribution >= 0.6 is 0 Å². The summed E-state index contributed by atoms with van der Waals surface area (Å²) in [5.41, 5.74) is 0.273. The summed E-state index contributed by atoms with van der Waals surface area (Å²) in [7, 11) is 1.68. The molecule has 0 radical (unpaired) electrons. The van der Waals surface area contributed by atoms with Crippen LogP contribution in [0.15, 0.2) is 12.1 Å². The standard InChI is InChI=1S/C22H34O4/c1-7-22(25,19(23)24)15-13-16(20(2,3)4)18(26-6)17(14-15)21(5)11-9-8-10-12-21/h13-14,25H,7-12H2,1-6H3,(H,23,24). The monoisotopic (exact) mass is 362 g/mol. The molecule has 0 spiro atoms. The van der Waals surface area contributed by atoms with E-state index < -0.39 is 11.6 Å². The Morgan fingerprint density at radius 1 is 1.19 bits per heavy atom. The molecule has 4 nitrogen and oxygen atoms in total. The van der Waals surface area contributed by atoms with Gasteiger partial charge in [0.2, 0.25) is 0 Å². The van der Waals surface area contributed by atoms with Gasteiger partial charge >= 0.3 is 5.97 Å². The van der Waals surface area contributed by atoms with Gasteiger partial charge in [-0.3, -0.25) is 0 Å². The third-order valence-corrected chi connectivity index (χ3v) is 6.05. The van der Waals surface area contributed by atoms with Crippen LogP contribution in [0.2, 0.25) is 0 Å². The highest BCUT2D eigenvalue weighted by molar-refractivity contribution is 5.79. The van der Waals surface area contributed by atoms with Crippen LogP contribution in [0.3, 0.4) is 0 Å². The van der Waals surface area contributed by atoms with E-state index in [1.54, 1.807) is 14.0 Å². The Morgan fingerprint density at radius 2 is 1.77 bits per heavy atom. The number of rotatable bonds is 5. The Labute approximate surface area is 157 Å². The van der Waals surface area contributed by atoms with Crippen LogP contribution in [0.4, 0.5) is 0 Å². The van der Waals surface area contributed by atoms with Crippen molar-refractivity contribution in [3.63, 3.8) is 0 Å². The van der Waals surface area contributed by atoms with Gasteiger partial charge in [0.1, 0.15) is 5.75 Å². The molecular weight excluding hydrogens is 328 g/mol. The Kier molecular flexibility index (Phi) is 5.77. The fourth-order valence-corrected chi connectivity index (χ4v) is 4.17. The van der Waals surface area contributed by atoms with E-state index in [-0.39, 0.29) is 17.3 Å². The van der Waals surface area contributed by atoms with Crippen molar-refractivity contribution in [2.45, 2.75) is 89.6 Å². The topological polar surface area (TPSA) is 66.8 Å². The van der Waals surface area contributed by atoms with Gasteiger partial charge < -0.3 is 14.9 Å². The second-order valence-electron chi connectivity index (χ2n) is 8.99. The number of benzene rings is 1. The van der Waals surface area contributed by atoms with Crippen LogP contribution in [0, 0.1) is 0 Å². The molecule has 0 aliphatic heterocycles. The summed E-state index contributed by atoms with van der Waals surface area (Å²) < 4.78 is 5.85. The number of hydrogen-bond donors (Lipinski definition) is 2. The average molecular weight is 363 g/mol. The summed E-state index contributed by atoms with van der Waals surface area (Å²) in [6.07, 6.45) is 5.77. The van der Waals surface area contributed by atoms with Gasteiger partial charge in [-0.25, -0.2) is 4.79 Å². The van der Waals surface area contributed by atoms with Crippen LogP contribution in [-0.2, 0) is 21.2 Å². The van der Waals surface area contributed by atoms with Crippen LogP contribution in [0.5, 0.6) is 5.75 Å². The van der Waals surface area contributed by atoms with E-state index in [9.17, 15) is 15.0 Å². The quantitative estimate of drug-likeness (QED) is 0.782. The van der Waals surface area contributed by atoms with Crippen LogP contribution in [-0.4, -0.2) is 23.3 Å². The highest BCUT2D eigenvalue weighted by atomic mass is 16.5. The molecule has 1 aliphatic carbocycles. The average Bonchev–Trinajstić information content (AvgIpc) is 2.59.